The van der Waals surface area contributed by atoms with Crippen LogP contribution in [0.1, 0.15) is 0 Å². The summed E-state index contributed by atoms with van der Waals surface area (Å²) in [5.41, 5.74) is -1.13. The van der Waals surface area contributed by atoms with Gasteiger partial charge in [-0.25, -0.2) is 0 Å². The maximum Gasteiger partial charge on any atom is 0.298 e. The van der Waals surface area contributed by atoms with Gasteiger partial charge >= 0.3 is 0 Å². The Morgan fingerprint density at radius 2 is 0.733 bits per heavy atom. The maximum absolute atomic E-state index is 12.1. The van der Waals surface area contributed by atoms with E-state index in [0.717, 1.165) is 54.6 Å². The van der Waals surface area contributed by atoms with Gasteiger partial charge in [0.2, 0.25) is 0 Å². The molecule has 0 aliphatic rings. The molecule has 0 heterocycles. The molecule has 6 N–H and O–H groups in total. The van der Waals surface area contributed by atoms with E-state index in [1.54, 1.807) is 0 Å². The van der Waals surface area contributed by atoms with Crippen LogP contribution in [0.2, 0.25) is 0 Å². The summed E-state index contributed by atoms with van der Waals surface area (Å²) in [4.78, 5) is -3.76. The summed E-state index contributed by atoms with van der Waals surface area (Å²) in [6.07, 6.45) is 0. The smallest absolute Gasteiger partial charge is 0.298 e. The van der Waals surface area contributed by atoms with Crippen molar-refractivity contribution in [2.24, 2.45) is 20.5 Å². The molecule has 0 atom stereocenters. The molecule has 0 aliphatic carbocycles. The van der Waals surface area contributed by atoms with Crippen molar-refractivity contribution in [1.29, 1.82) is 0 Å². The third-order valence-electron chi connectivity index (χ3n) is 7.83. The first kappa shape index (κ1) is 57.7. The molecule has 0 amide bonds. The molecule has 6 aromatic carbocycles. The first-order chi connectivity index (χ1) is 25.3. The molecule has 291 valence electrons. The summed E-state index contributed by atoms with van der Waals surface area (Å²) in [5.74, 6) is -1.13. The minimum Gasteiger partial charge on any atom is -0.504 e. The number of benzene rings is 6. The van der Waals surface area contributed by atoms with Crippen LogP contribution in [-0.4, -0.2) is 218 Å². The van der Waals surface area contributed by atoms with Gasteiger partial charge in [-0.05, 0) is 77.5 Å². The number of phenolic OH excluding ortho intramolecular Hbond substituents is 1. The van der Waals surface area contributed by atoms with Crippen molar-refractivity contribution >= 4 is 253 Å². The minimum atomic E-state index is -5.17. The summed E-state index contributed by atoms with van der Waals surface area (Å²) in [5, 5.41) is 26.5. The van der Waals surface area contributed by atoms with Crippen LogP contribution >= 0.6 is 0 Å². The van der Waals surface area contributed by atoms with E-state index in [1.165, 1.54) is 24.3 Å². The van der Waals surface area contributed by atoms with Crippen LogP contribution in [0, 0.1) is 0 Å². The largest absolute Gasteiger partial charge is 0.504 e. The minimum absolute atomic E-state index is 0. The Kier molecular flexibility index (Phi) is 20.5. The Balaban J connectivity index is 0.00000360. The SMILES string of the molecule is O=S(=O)(O)c1ccc2c(N=Nc3ccc(N=Nc4c(O)c(S(=O)(=O)O)cc5cc(S(=O)(=O)O)ccc45)c4cc(S(=O)(=O)O)ccc34)cc(S(=O)(=O)O)cc2c1.[Na].[Na].[Na].[Na].[Na]. The van der Waals surface area contributed by atoms with E-state index >= 15 is 0 Å². The van der Waals surface area contributed by atoms with Crippen LogP contribution in [0.25, 0.3) is 32.3 Å². The van der Waals surface area contributed by atoms with Gasteiger partial charge in [0.1, 0.15) is 10.6 Å². The fourth-order valence-corrected chi connectivity index (χ4v) is 8.02. The van der Waals surface area contributed by atoms with E-state index in [4.69, 9.17) is 0 Å². The van der Waals surface area contributed by atoms with Gasteiger partial charge in [0, 0.05) is 169 Å². The van der Waals surface area contributed by atoms with Gasteiger partial charge in [-0.1, -0.05) is 18.2 Å². The zero-order valence-corrected chi connectivity index (χ0v) is 45.8. The average Bonchev–Trinajstić information content (AvgIpc) is 3.07. The third-order valence-corrected chi connectivity index (χ3v) is 12.1. The molecule has 5 radical (unpaired) electrons. The number of phenols is 1. The van der Waals surface area contributed by atoms with Crippen molar-refractivity contribution in [3.63, 3.8) is 0 Å². The van der Waals surface area contributed by atoms with E-state index in [-0.39, 0.29) is 197 Å². The molecule has 0 saturated carbocycles. The fourth-order valence-electron chi connectivity index (χ4n) is 5.32. The summed E-state index contributed by atoms with van der Waals surface area (Å²) >= 11 is 0. The Hall–Kier alpha value is -0.350. The number of hydrogen-bond acceptors (Lipinski definition) is 15. The second-order valence-electron chi connectivity index (χ2n) is 11.4. The van der Waals surface area contributed by atoms with E-state index < -0.39 is 86.5 Å². The zero-order valence-electron chi connectivity index (χ0n) is 31.7. The topological polar surface area (TPSA) is 342 Å². The van der Waals surface area contributed by atoms with Crippen LogP contribution in [0.4, 0.5) is 22.7 Å². The Morgan fingerprint density at radius 1 is 0.350 bits per heavy atom. The van der Waals surface area contributed by atoms with Crippen LogP contribution < -0.4 is 0 Å². The average molecular weight is 968 g/mol. The molecular formula is C30H20N4Na5O16S5. The molecule has 0 spiro atoms. The van der Waals surface area contributed by atoms with E-state index in [2.05, 4.69) is 20.5 Å². The summed E-state index contributed by atoms with van der Waals surface area (Å²) < 4.78 is 167. The van der Waals surface area contributed by atoms with Gasteiger partial charge in [0.05, 0.1) is 36.6 Å². The first-order valence-electron chi connectivity index (χ1n) is 14.5. The Bertz CT molecular complexity index is 3320. The van der Waals surface area contributed by atoms with Crippen molar-refractivity contribution in [3.8, 4) is 5.75 Å². The number of azo groups is 2. The third kappa shape index (κ3) is 12.9. The molecule has 6 aromatic rings. The quantitative estimate of drug-likeness (QED) is 0.0677. The predicted octanol–water partition coefficient (Wildman–Crippen LogP) is 4.01. The molecular weight excluding hydrogens is 948 g/mol. The normalized spacial score (nSPS) is 12.3. The second-order valence-corrected chi connectivity index (χ2v) is 18.4. The molecule has 0 bridgehead atoms. The molecule has 0 aromatic heterocycles. The number of rotatable bonds is 9. The van der Waals surface area contributed by atoms with Gasteiger partial charge < -0.3 is 5.11 Å². The Morgan fingerprint density at radius 3 is 1.22 bits per heavy atom. The standard InChI is InChI=1S/C30H20N4O16S5.5Na/c35-30-28(55(48,49)50)12-16-10-18(52(39,40)41)2-5-22(16)29(30)34-32-26-8-7-25(23-6-3-19(13-24(23)26)53(42,43)44)31-33-27-14-20(54(45,46)47)11-15-9-17(51(36,37)38)1-4-21(15)27;;;;;/h1-14,35H,(H,36,37,38)(H,39,40,41)(H,42,43,44)(H,45,46,47)(H,48,49,50);;;;;. The molecule has 6 rings (SSSR count). The van der Waals surface area contributed by atoms with Gasteiger partial charge in [-0.3, -0.25) is 22.8 Å². The Labute approximate surface area is 451 Å². The van der Waals surface area contributed by atoms with Crippen LogP contribution in [0.15, 0.2) is 130 Å². The second kappa shape index (κ2) is 21.3. The zero-order chi connectivity index (χ0) is 40.5. The van der Waals surface area contributed by atoms with Gasteiger partial charge in [0.15, 0.2) is 5.75 Å². The molecule has 30 heteroatoms. The van der Waals surface area contributed by atoms with Gasteiger partial charge in [-0.15, -0.1) is 20.5 Å². The van der Waals surface area contributed by atoms with Crippen molar-refractivity contribution < 1.29 is 70.0 Å². The number of nitrogens with zero attached hydrogens (tertiary/aromatic N) is 4. The first-order valence-corrected chi connectivity index (χ1v) is 21.7. The summed E-state index contributed by atoms with van der Waals surface area (Å²) in [7, 11) is -24.4. The van der Waals surface area contributed by atoms with E-state index in [9.17, 15) is 70.0 Å². The van der Waals surface area contributed by atoms with E-state index in [1.807, 2.05) is 0 Å². The van der Waals surface area contributed by atoms with Crippen LogP contribution in [0.3, 0.4) is 0 Å². The predicted molar refractivity (Wildman–Crippen MR) is 220 cm³/mol. The molecule has 0 saturated heterocycles. The molecule has 0 unspecified atom stereocenters. The van der Waals surface area contributed by atoms with Crippen LogP contribution in [0.5, 0.6) is 5.75 Å². The van der Waals surface area contributed by atoms with Gasteiger partial charge in [0.25, 0.3) is 50.6 Å². The number of hydrogen-bond donors (Lipinski definition) is 6. The number of aromatic hydroxyl groups is 1. The van der Waals surface area contributed by atoms with Crippen molar-refractivity contribution in [2.75, 3.05) is 0 Å². The molecule has 0 fully saturated rings. The number of fused-ring (bicyclic) bond motifs is 3. The van der Waals surface area contributed by atoms with Crippen molar-refractivity contribution in [3.05, 3.63) is 84.9 Å². The molecule has 0 aliphatic heterocycles. The monoisotopic (exact) mass is 967 g/mol. The fraction of sp³-hybridized carbons (Fsp3) is 0. The summed E-state index contributed by atoms with van der Waals surface area (Å²) in [6, 6.07) is 13.9. The summed E-state index contributed by atoms with van der Waals surface area (Å²) in [6.45, 7) is 0. The van der Waals surface area contributed by atoms with Crippen LogP contribution in [-0.2, 0) is 50.6 Å². The van der Waals surface area contributed by atoms with Crippen molar-refractivity contribution in [1.82, 2.24) is 0 Å². The van der Waals surface area contributed by atoms with Crippen molar-refractivity contribution in [2.45, 2.75) is 24.5 Å². The molecule has 20 nitrogen and oxygen atoms in total. The maximum atomic E-state index is 12.1. The van der Waals surface area contributed by atoms with E-state index in [0.29, 0.717) is 6.07 Å². The molecule has 60 heavy (non-hydrogen) atoms. The van der Waals surface area contributed by atoms with Gasteiger partial charge in [-0.2, -0.15) is 42.1 Å².